The van der Waals surface area contributed by atoms with Crippen molar-refractivity contribution >= 4 is 34.9 Å². The van der Waals surface area contributed by atoms with Crippen LogP contribution in [0.4, 0.5) is 5.82 Å². The molecule has 32 heavy (non-hydrogen) atoms. The van der Waals surface area contributed by atoms with Gasteiger partial charge < -0.3 is 10.2 Å². The standard InChI is InChI=1S/C24H31Cl2N5O/c1-17-13-21(7-8-31(17)16-18-3-5-20(25)6-4-18)29-9-11-30(12-10-29)23-22(26)14-19(15-28-23)24(32)27-2/h3-6,14-15,17,21H,7-13,16H2,1-2H3,(H,27,32)/t17-,21?/m0/s1. The summed E-state index contributed by atoms with van der Waals surface area (Å²) in [5.74, 6) is 0.595. The van der Waals surface area contributed by atoms with Crippen LogP contribution >= 0.6 is 23.2 Å². The molecule has 0 spiro atoms. The zero-order valence-corrected chi connectivity index (χ0v) is 20.2. The molecule has 6 nitrogen and oxygen atoms in total. The topological polar surface area (TPSA) is 51.7 Å². The molecule has 0 bridgehead atoms. The van der Waals surface area contributed by atoms with Gasteiger partial charge in [-0.2, -0.15) is 0 Å². The molecular weight excluding hydrogens is 445 g/mol. The Morgan fingerprint density at radius 2 is 1.84 bits per heavy atom. The highest BCUT2D eigenvalue weighted by atomic mass is 35.5. The molecule has 1 aromatic heterocycles. The molecule has 2 saturated heterocycles. The Labute approximate surface area is 200 Å². The molecule has 2 aromatic rings. The molecule has 1 aromatic carbocycles. The fraction of sp³-hybridized carbons (Fsp3) is 0.500. The summed E-state index contributed by atoms with van der Waals surface area (Å²) in [5.41, 5.74) is 1.80. The Balaban J connectivity index is 1.29. The second kappa shape index (κ2) is 10.4. The highest BCUT2D eigenvalue weighted by molar-refractivity contribution is 6.33. The second-order valence-electron chi connectivity index (χ2n) is 8.76. The Morgan fingerprint density at radius 3 is 2.47 bits per heavy atom. The van der Waals surface area contributed by atoms with Crippen molar-refractivity contribution in [1.29, 1.82) is 0 Å². The summed E-state index contributed by atoms with van der Waals surface area (Å²) >= 11 is 12.5. The summed E-state index contributed by atoms with van der Waals surface area (Å²) in [6, 6.07) is 11.1. The number of carbonyl (C=O) groups is 1. The number of likely N-dealkylation sites (tertiary alicyclic amines) is 1. The third-order valence-electron chi connectivity index (χ3n) is 6.73. The maximum atomic E-state index is 11.8. The van der Waals surface area contributed by atoms with E-state index in [1.54, 1.807) is 19.3 Å². The van der Waals surface area contributed by atoms with Crippen LogP contribution in [-0.4, -0.2) is 72.5 Å². The van der Waals surface area contributed by atoms with Crippen molar-refractivity contribution in [2.24, 2.45) is 0 Å². The number of aromatic nitrogens is 1. The van der Waals surface area contributed by atoms with Gasteiger partial charge in [0.1, 0.15) is 5.82 Å². The van der Waals surface area contributed by atoms with Gasteiger partial charge in [0.25, 0.3) is 5.91 Å². The first kappa shape index (κ1) is 23.3. The largest absolute Gasteiger partial charge is 0.355 e. The van der Waals surface area contributed by atoms with Gasteiger partial charge in [-0.3, -0.25) is 14.6 Å². The molecule has 2 atom stereocenters. The zero-order chi connectivity index (χ0) is 22.7. The molecule has 0 saturated carbocycles. The number of piperidine rings is 1. The van der Waals surface area contributed by atoms with Crippen molar-refractivity contribution in [3.63, 3.8) is 0 Å². The van der Waals surface area contributed by atoms with Crippen molar-refractivity contribution in [2.75, 3.05) is 44.7 Å². The monoisotopic (exact) mass is 475 g/mol. The fourth-order valence-electron chi connectivity index (χ4n) is 4.82. The molecule has 4 rings (SSSR count). The van der Waals surface area contributed by atoms with E-state index in [-0.39, 0.29) is 5.91 Å². The highest BCUT2D eigenvalue weighted by Gasteiger charge is 2.31. The highest BCUT2D eigenvalue weighted by Crippen LogP contribution is 2.28. The Bertz CT molecular complexity index is 930. The van der Waals surface area contributed by atoms with Gasteiger partial charge in [0, 0.05) is 69.6 Å². The van der Waals surface area contributed by atoms with Crippen LogP contribution < -0.4 is 10.2 Å². The number of benzene rings is 1. The predicted octanol–water partition coefficient (Wildman–Crippen LogP) is 3.92. The minimum absolute atomic E-state index is 0.174. The van der Waals surface area contributed by atoms with Crippen LogP contribution in [0.1, 0.15) is 35.7 Å². The molecule has 1 N–H and O–H groups in total. The van der Waals surface area contributed by atoms with E-state index < -0.39 is 0 Å². The normalized spacial score (nSPS) is 22.7. The van der Waals surface area contributed by atoms with Crippen LogP contribution in [0.15, 0.2) is 36.5 Å². The lowest BCUT2D eigenvalue weighted by Gasteiger charge is -2.45. The van der Waals surface area contributed by atoms with Crippen LogP contribution in [0.3, 0.4) is 0 Å². The number of piperazine rings is 1. The minimum atomic E-state index is -0.174. The number of nitrogens with one attached hydrogen (secondary N) is 1. The van der Waals surface area contributed by atoms with Crippen LogP contribution in [0.2, 0.25) is 10.0 Å². The molecular formula is C24H31Cl2N5O. The SMILES string of the molecule is CNC(=O)c1cnc(N2CCN(C3CCN(Cc4ccc(Cl)cc4)[C@@H](C)C3)CC2)c(Cl)c1. The number of anilines is 1. The first-order valence-corrected chi connectivity index (χ1v) is 12.1. The summed E-state index contributed by atoms with van der Waals surface area (Å²) in [6.45, 7) is 8.23. The number of pyridine rings is 1. The van der Waals surface area contributed by atoms with Gasteiger partial charge in [0.05, 0.1) is 10.6 Å². The van der Waals surface area contributed by atoms with E-state index in [0.29, 0.717) is 22.7 Å². The minimum Gasteiger partial charge on any atom is -0.355 e. The van der Waals surface area contributed by atoms with Crippen molar-refractivity contribution in [3.8, 4) is 0 Å². The summed E-state index contributed by atoms with van der Waals surface area (Å²) in [4.78, 5) is 23.7. The first-order valence-electron chi connectivity index (χ1n) is 11.3. The second-order valence-corrected chi connectivity index (χ2v) is 9.60. The van der Waals surface area contributed by atoms with E-state index in [0.717, 1.165) is 50.1 Å². The lowest BCUT2D eigenvalue weighted by Crippen LogP contribution is -2.55. The van der Waals surface area contributed by atoms with Crippen molar-refractivity contribution in [2.45, 2.75) is 38.4 Å². The first-order chi connectivity index (χ1) is 15.4. The van der Waals surface area contributed by atoms with Crippen LogP contribution in [0.25, 0.3) is 0 Å². The zero-order valence-electron chi connectivity index (χ0n) is 18.7. The summed E-state index contributed by atoms with van der Waals surface area (Å²) < 4.78 is 0. The summed E-state index contributed by atoms with van der Waals surface area (Å²) in [5, 5.41) is 3.93. The molecule has 2 aliphatic rings. The Kier molecular flexibility index (Phi) is 7.56. The summed E-state index contributed by atoms with van der Waals surface area (Å²) in [6.07, 6.45) is 3.98. The molecule has 172 valence electrons. The summed E-state index contributed by atoms with van der Waals surface area (Å²) in [7, 11) is 1.60. The van der Waals surface area contributed by atoms with Gasteiger partial charge in [-0.1, -0.05) is 35.3 Å². The van der Waals surface area contributed by atoms with Gasteiger partial charge in [-0.25, -0.2) is 4.98 Å². The molecule has 1 amide bonds. The van der Waals surface area contributed by atoms with Gasteiger partial charge in [-0.15, -0.1) is 0 Å². The van der Waals surface area contributed by atoms with Gasteiger partial charge >= 0.3 is 0 Å². The number of rotatable bonds is 5. The Hall–Kier alpha value is -1.86. The van der Waals surface area contributed by atoms with Gasteiger partial charge in [0.15, 0.2) is 0 Å². The molecule has 2 fully saturated rings. The number of amides is 1. The lowest BCUT2D eigenvalue weighted by atomic mass is 9.95. The predicted molar refractivity (Wildman–Crippen MR) is 131 cm³/mol. The van der Waals surface area contributed by atoms with E-state index in [1.807, 2.05) is 12.1 Å². The average molecular weight is 476 g/mol. The number of nitrogens with zero attached hydrogens (tertiary/aromatic N) is 4. The maximum absolute atomic E-state index is 11.8. The number of carbonyl (C=O) groups excluding carboxylic acids is 1. The molecule has 0 radical (unpaired) electrons. The van der Waals surface area contributed by atoms with Crippen molar-refractivity contribution < 1.29 is 4.79 Å². The lowest BCUT2D eigenvalue weighted by molar-refractivity contribution is 0.0643. The van der Waals surface area contributed by atoms with E-state index in [1.165, 1.54) is 18.4 Å². The smallest absolute Gasteiger partial charge is 0.252 e. The van der Waals surface area contributed by atoms with Crippen LogP contribution in [0.5, 0.6) is 0 Å². The fourth-order valence-corrected chi connectivity index (χ4v) is 5.23. The van der Waals surface area contributed by atoms with Crippen LogP contribution in [0, 0.1) is 0 Å². The third-order valence-corrected chi connectivity index (χ3v) is 7.26. The van der Waals surface area contributed by atoms with Crippen molar-refractivity contribution in [1.82, 2.24) is 20.1 Å². The average Bonchev–Trinajstić information content (AvgIpc) is 2.81. The van der Waals surface area contributed by atoms with E-state index in [9.17, 15) is 4.79 Å². The maximum Gasteiger partial charge on any atom is 0.252 e. The number of hydrogen-bond donors (Lipinski definition) is 1. The molecule has 8 heteroatoms. The van der Waals surface area contributed by atoms with Crippen molar-refractivity contribution in [3.05, 3.63) is 57.7 Å². The van der Waals surface area contributed by atoms with Gasteiger partial charge in [-0.05, 0) is 43.5 Å². The quantitative estimate of drug-likeness (QED) is 0.709. The van der Waals surface area contributed by atoms with E-state index >= 15 is 0 Å². The molecule has 1 unspecified atom stereocenters. The molecule has 2 aliphatic heterocycles. The van der Waals surface area contributed by atoms with E-state index in [2.05, 4.69) is 44.1 Å². The van der Waals surface area contributed by atoms with Crippen LogP contribution in [-0.2, 0) is 6.54 Å². The van der Waals surface area contributed by atoms with Gasteiger partial charge in [0.2, 0.25) is 0 Å². The molecule has 0 aliphatic carbocycles. The van der Waals surface area contributed by atoms with E-state index in [4.69, 9.17) is 23.2 Å². The Morgan fingerprint density at radius 1 is 1.12 bits per heavy atom. The number of hydrogen-bond acceptors (Lipinski definition) is 5. The third kappa shape index (κ3) is 5.37. The number of halogens is 2. The molecule has 3 heterocycles.